The molecule has 0 heterocycles. The maximum atomic E-state index is 13.4. The molecule has 0 radical (unpaired) electrons. The molecule has 1 aromatic rings. The van der Waals surface area contributed by atoms with E-state index in [1.165, 1.54) is 12.1 Å². The van der Waals surface area contributed by atoms with Crippen LogP contribution in [0.3, 0.4) is 0 Å². The molecule has 2 rings (SSSR count). The number of carbonyl (C=O) groups is 1. The van der Waals surface area contributed by atoms with Crippen LogP contribution >= 0.6 is 0 Å². The van der Waals surface area contributed by atoms with E-state index in [0.717, 1.165) is 19.3 Å². The molecule has 1 fully saturated rings. The number of halogens is 1. The minimum Gasteiger partial charge on any atom is -0.409 e. The summed E-state index contributed by atoms with van der Waals surface area (Å²) in [6, 6.07) is 4.33. The first kappa shape index (κ1) is 15.3. The Kier molecular flexibility index (Phi) is 4.45. The number of oxime groups is 1. The van der Waals surface area contributed by atoms with Crippen LogP contribution in [-0.2, 0) is 4.79 Å². The van der Waals surface area contributed by atoms with Gasteiger partial charge in [0.25, 0.3) is 0 Å². The van der Waals surface area contributed by atoms with Gasteiger partial charge in [-0.3, -0.25) is 4.79 Å². The van der Waals surface area contributed by atoms with Crippen LogP contribution in [0.15, 0.2) is 23.4 Å². The zero-order valence-corrected chi connectivity index (χ0v) is 12.0. The maximum absolute atomic E-state index is 13.4. The molecule has 0 bridgehead atoms. The monoisotopic (exact) mass is 293 g/mol. The zero-order valence-electron chi connectivity index (χ0n) is 12.0. The Hall–Kier alpha value is -2.11. The number of carbonyl (C=O) groups excluding carboxylic acids is 1. The van der Waals surface area contributed by atoms with Crippen molar-refractivity contribution in [3.05, 3.63) is 29.6 Å². The van der Waals surface area contributed by atoms with Gasteiger partial charge in [-0.2, -0.15) is 0 Å². The average molecular weight is 293 g/mol. The van der Waals surface area contributed by atoms with Crippen molar-refractivity contribution in [2.45, 2.75) is 39.0 Å². The van der Waals surface area contributed by atoms with Crippen LogP contribution < -0.4 is 11.1 Å². The van der Waals surface area contributed by atoms with E-state index in [2.05, 4.69) is 10.5 Å². The molecule has 1 saturated carbocycles. The SMILES string of the molecule is Cc1cc(F)cc(NC(=O)C2(C(N)=NO)CCCCC2)c1. The van der Waals surface area contributed by atoms with Crippen molar-refractivity contribution < 1.29 is 14.4 Å². The van der Waals surface area contributed by atoms with Crippen molar-refractivity contribution in [1.29, 1.82) is 0 Å². The van der Waals surface area contributed by atoms with E-state index in [9.17, 15) is 9.18 Å². The number of hydrogen-bond donors (Lipinski definition) is 3. The number of rotatable bonds is 3. The lowest BCUT2D eigenvalue weighted by Gasteiger charge is -2.34. The highest BCUT2D eigenvalue weighted by Crippen LogP contribution is 2.37. The second-order valence-electron chi connectivity index (χ2n) is 5.60. The van der Waals surface area contributed by atoms with Gasteiger partial charge in [-0.25, -0.2) is 4.39 Å². The Labute approximate surface area is 123 Å². The predicted molar refractivity (Wildman–Crippen MR) is 78.7 cm³/mol. The molecule has 0 atom stereocenters. The predicted octanol–water partition coefficient (Wildman–Crippen LogP) is 2.77. The number of nitrogens with one attached hydrogen (secondary N) is 1. The van der Waals surface area contributed by atoms with Gasteiger partial charge in [-0.1, -0.05) is 24.4 Å². The number of amides is 1. The minimum atomic E-state index is -1.01. The van der Waals surface area contributed by atoms with Gasteiger partial charge in [0.1, 0.15) is 11.2 Å². The Bertz CT molecular complexity index is 546. The molecule has 6 heteroatoms. The van der Waals surface area contributed by atoms with Crippen LogP contribution in [-0.4, -0.2) is 17.0 Å². The highest BCUT2D eigenvalue weighted by atomic mass is 19.1. The van der Waals surface area contributed by atoms with Gasteiger partial charge in [0.05, 0.1) is 0 Å². The number of aryl methyl sites for hydroxylation is 1. The van der Waals surface area contributed by atoms with Crippen LogP contribution in [0.4, 0.5) is 10.1 Å². The van der Waals surface area contributed by atoms with Crippen molar-refractivity contribution in [2.24, 2.45) is 16.3 Å². The highest BCUT2D eigenvalue weighted by Gasteiger charge is 2.43. The summed E-state index contributed by atoms with van der Waals surface area (Å²) in [5.41, 5.74) is 5.85. The van der Waals surface area contributed by atoms with Gasteiger partial charge in [0.2, 0.25) is 5.91 Å². The first-order valence-electron chi connectivity index (χ1n) is 7.04. The van der Waals surface area contributed by atoms with Crippen LogP contribution in [0, 0.1) is 18.2 Å². The van der Waals surface area contributed by atoms with Gasteiger partial charge in [0, 0.05) is 5.69 Å². The highest BCUT2D eigenvalue weighted by molar-refractivity contribution is 6.11. The second kappa shape index (κ2) is 6.11. The van der Waals surface area contributed by atoms with Crippen LogP contribution in [0.25, 0.3) is 0 Å². The molecule has 4 N–H and O–H groups in total. The van der Waals surface area contributed by atoms with Gasteiger partial charge >= 0.3 is 0 Å². The van der Waals surface area contributed by atoms with E-state index >= 15 is 0 Å². The van der Waals surface area contributed by atoms with E-state index in [1.807, 2.05) is 0 Å². The molecular formula is C15H20FN3O2. The van der Waals surface area contributed by atoms with E-state index in [4.69, 9.17) is 10.9 Å². The number of amidine groups is 1. The molecule has 1 aliphatic carbocycles. The summed E-state index contributed by atoms with van der Waals surface area (Å²) in [5, 5.41) is 14.7. The smallest absolute Gasteiger partial charge is 0.238 e. The summed E-state index contributed by atoms with van der Waals surface area (Å²) in [6.07, 6.45) is 3.76. The van der Waals surface area contributed by atoms with Gasteiger partial charge in [-0.05, 0) is 43.5 Å². The third kappa shape index (κ3) is 3.15. The van der Waals surface area contributed by atoms with Crippen molar-refractivity contribution >= 4 is 17.4 Å². The number of nitrogens with two attached hydrogens (primary N) is 1. The van der Waals surface area contributed by atoms with Crippen molar-refractivity contribution in [3.63, 3.8) is 0 Å². The topological polar surface area (TPSA) is 87.7 Å². The summed E-state index contributed by atoms with van der Waals surface area (Å²) < 4.78 is 13.4. The summed E-state index contributed by atoms with van der Waals surface area (Å²) in [5.74, 6) is -0.831. The fourth-order valence-corrected chi connectivity index (χ4v) is 2.91. The van der Waals surface area contributed by atoms with Gasteiger partial charge < -0.3 is 16.3 Å². The Balaban J connectivity index is 2.26. The molecule has 0 unspecified atom stereocenters. The third-order valence-corrected chi connectivity index (χ3v) is 4.04. The van der Waals surface area contributed by atoms with Crippen molar-refractivity contribution in [1.82, 2.24) is 0 Å². The van der Waals surface area contributed by atoms with Crippen molar-refractivity contribution in [2.75, 3.05) is 5.32 Å². The fraction of sp³-hybridized carbons (Fsp3) is 0.467. The third-order valence-electron chi connectivity index (χ3n) is 4.04. The quantitative estimate of drug-likeness (QED) is 0.346. The molecule has 114 valence electrons. The van der Waals surface area contributed by atoms with Crippen LogP contribution in [0.1, 0.15) is 37.7 Å². The minimum absolute atomic E-state index is 0.0761. The Morgan fingerprint density at radius 3 is 2.57 bits per heavy atom. The number of hydrogen-bond acceptors (Lipinski definition) is 3. The van der Waals surface area contributed by atoms with Crippen molar-refractivity contribution in [3.8, 4) is 0 Å². The molecule has 0 saturated heterocycles. The number of nitrogens with zero attached hydrogens (tertiary/aromatic N) is 1. The first-order chi connectivity index (χ1) is 9.98. The fourth-order valence-electron chi connectivity index (χ4n) is 2.91. The lowest BCUT2D eigenvalue weighted by Crippen LogP contribution is -2.48. The summed E-state index contributed by atoms with van der Waals surface area (Å²) >= 11 is 0. The van der Waals surface area contributed by atoms with E-state index in [-0.39, 0.29) is 11.7 Å². The molecule has 0 spiro atoms. The van der Waals surface area contributed by atoms with Gasteiger partial charge in [-0.15, -0.1) is 0 Å². The maximum Gasteiger partial charge on any atom is 0.238 e. The first-order valence-corrected chi connectivity index (χ1v) is 7.04. The summed E-state index contributed by atoms with van der Waals surface area (Å²) in [6.45, 7) is 1.75. The largest absolute Gasteiger partial charge is 0.409 e. The lowest BCUT2D eigenvalue weighted by atomic mass is 9.72. The normalized spacial score (nSPS) is 18.3. The molecule has 1 aromatic carbocycles. The van der Waals surface area contributed by atoms with Crippen LogP contribution in [0.2, 0.25) is 0 Å². The Morgan fingerprint density at radius 1 is 1.33 bits per heavy atom. The van der Waals surface area contributed by atoms with Crippen LogP contribution in [0.5, 0.6) is 0 Å². The van der Waals surface area contributed by atoms with E-state index in [1.54, 1.807) is 13.0 Å². The zero-order chi connectivity index (χ0) is 15.5. The average Bonchev–Trinajstić information content (AvgIpc) is 2.46. The van der Waals surface area contributed by atoms with E-state index in [0.29, 0.717) is 24.1 Å². The molecule has 1 aliphatic rings. The number of anilines is 1. The molecule has 21 heavy (non-hydrogen) atoms. The lowest BCUT2D eigenvalue weighted by molar-refractivity contribution is -0.123. The molecule has 5 nitrogen and oxygen atoms in total. The summed E-state index contributed by atoms with van der Waals surface area (Å²) in [4.78, 5) is 12.6. The van der Waals surface area contributed by atoms with E-state index < -0.39 is 11.2 Å². The second-order valence-corrected chi connectivity index (χ2v) is 5.60. The van der Waals surface area contributed by atoms with Gasteiger partial charge in [0.15, 0.2) is 5.84 Å². The molecule has 0 aliphatic heterocycles. The Morgan fingerprint density at radius 2 is 2.00 bits per heavy atom. The molecular weight excluding hydrogens is 273 g/mol. The number of benzene rings is 1. The molecule has 1 amide bonds. The standard InChI is InChI=1S/C15H20FN3O2/c1-10-7-11(16)9-12(8-10)18-14(20)15(13(17)19-21)5-3-2-4-6-15/h7-9,21H,2-6H2,1H3,(H2,17,19)(H,18,20). The molecule has 0 aromatic heterocycles. The summed E-state index contributed by atoms with van der Waals surface area (Å²) in [7, 11) is 0.